The number of nitrogens with zero attached hydrogens (tertiary/aromatic N) is 2. The van der Waals surface area contributed by atoms with Gasteiger partial charge in [-0.1, -0.05) is 12.1 Å². The summed E-state index contributed by atoms with van der Waals surface area (Å²) < 4.78 is 104. The van der Waals surface area contributed by atoms with Gasteiger partial charge in [0.05, 0.1) is 5.56 Å². The van der Waals surface area contributed by atoms with Crippen LogP contribution in [-0.2, 0) is 0 Å². The standard InChI is InChI=1S/C19H27N3O3S.Ca.H/c1-13(2)22-18(25)15(16(23)14-7-12-26-19(14)22)17(24)20-8-6-11-21-9-4-3-5-10-21;;/h7,12-13,23H,3-6,8-11H2,1-2H3,(H,20,24);;/q;+2;-1/p-1/i1D3,3D2,4D2,5D2,9D2,10D2;;. The van der Waals surface area contributed by atoms with Crippen molar-refractivity contribution in [2.24, 2.45) is 0 Å². The molecule has 0 radical (unpaired) electrons. The molecule has 0 spiro atoms. The first kappa shape index (κ1) is 10.4. The van der Waals surface area contributed by atoms with Crippen LogP contribution in [0.25, 0.3) is 10.2 Å². The molecule has 3 rings (SSSR count). The summed E-state index contributed by atoms with van der Waals surface area (Å²) >= 11 is 0.960. The van der Waals surface area contributed by atoms with Gasteiger partial charge in [-0.15, -0.1) is 11.3 Å². The Morgan fingerprint density at radius 1 is 1.48 bits per heavy atom. The summed E-state index contributed by atoms with van der Waals surface area (Å²) in [7, 11) is 0. The van der Waals surface area contributed by atoms with E-state index in [0.29, 0.717) is 0 Å². The van der Waals surface area contributed by atoms with Gasteiger partial charge in [0.1, 0.15) is 4.83 Å². The minimum absolute atomic E-state index is 0. The average molecular weight is 431 g/mol. The van der Waals surface area contributed by atoms with Crippen molar-refractivity contribution in [1.82, 2.24) is 14.8 Å². The van der Waals surface area contributed by atoms with Crippen molar-refractivity contribution in [3.63, 3.8) is 0 Å². The zero-order chi connectivity index (χ0) is 30.1. The van der Waals surface area contributed by atoms with E-state index in [4.69, 9.17) is 17.8 Å². The molecule has 27 heavy (non-hydrogen) atoms. The molecule has 1 saturated heterocycles. The number of thiophene rings is 1. The van der Waals surface area contributed by atoms with Gasteiger partial charge in [-0.3, -0.25) is 14.2 Å². The molecule has 3 heterocycles. The van der Waals surface area contributed by atoms with Crippen LogP contribution in [0.5, 0.6) is 5.75 Å². The summed E-state index contributed by atoms with van der Waals surface area (Å²) in [5, 5.41) is 16.6. The number of carbonyl (C=O) groups is 1. The van der Waals surface area contributed by atoms with Gasteiger partial charge >= 0.3 is 37.7 Å². The monoisotopic (exact) mass is 430 g/mol. The first-order chi connectivity index (χ1) is 17.5. The number of hydrogen-bond donors (Lipinski definition) is 1. The third-order valence-corrected chi connectivity index (χ3v) is 4.65. The van der Waals surface area contributed by atoms with Crippen molar-refractivity contribution >= 4 is 65.2 Å². The minimum atomic E-state index is -3.55. The van der Waals surface area contributed by atoms with Crippen LogP contribution in [0.2, 0.25) is 0 Å². The molecule has 6 nitrogen and oxygen atoms in total. The maximum atomic E-state index is 13.1. The zero-order valence-electron chi connectivity index (χ0n) is 28.6. The predicted octanol–water partition coefficient (Wildman–Crippen LogP) is 2.06. The molecule has 0 saturated carbocycles. The second-order valence-electron chi connectivity index (χ2n) is 5.55. The summed E-state index contributed by atoms with van der Waals surface area (Å²) in [5.74, 6) is -2.08. The molecule has 0 bridgehead atoms. The van der Waals surface area contributed by atoms with E-state index >= 15 is 0 Å². The summed E-state index contributed by atoms with van der Waals surface area (Å²) in [6, 6.07) is -0.0179. The van der Waals surface area contributed by atoms with Crippen molar-refractivity contribution in [1.29, 1.82) is 0 Å². The fourth-order valence-corrected chi connectivity index (χ4v) is 3.52. The van der Waals surface area contributed by atoms with E-state index in [0.717, 1.165) is 15.9 Å². The van der Waals surface area contributed by atoms with E-state index in [1.165, 1.54) is 18.4 Å². The minimum Gasteiger partial charge on any atom is -1.00 e. The maximum Gasteiger partial charge on any atom is 2.00 e. The van der Waals surface area contributed by atoms with Crippen LogP contribution in [0.3, 0.4) is 0 Å². The molecule has 1 atom stereocenters. The first-order valence-electron chi connectivity index (χ1n) is 14.4. The van der Waals surface area contributed by atoms with Crippen LogP contribution in [0.1, 0.15) is 75.0 Å². The smallest absolute Gasteiger partial charge is 1.00 e. The largest absolute Gasteiger partial charge is 2.00 e. The third kappa shape index (κ3) is 5.07. The number of pyridine rings is 1. The number of aromatic nitrogens is 1. The van der Waals surface area contributed by atoms with Gasteiger partial charge in [0.15, 0.2) is 0 Å². The van der Waals surface area contributed by atoms with E-state index in [1.54, 1.807) is 0 Å². The van der Waals surface area contributed by atoms with Gasteiger partial charge in [-0.25, -0.2) is 0 Å². The molecule has 0 aromatic carbocycles. The zero-order valence-corrected chi connectivity index (χ0v) is 17.6. The fourth-order valence-electron chi connectivity index (χ4n) is 2.55. The van der Waals surface area contributed by atoms with Crippen LogP contribution >= 0.6 is 11.3 Å². The molecule has 1 aliphatic rings. The predicted molar refractivity (Wildman–Crippen MR) is 110 cm³/mol. The van der Waals surface area contributed by atoms with E-state index in [-0.39, 0.29) is 60.7 Å². The van der Waals surface area contributed by atoms with Crippen LogP contribution in [0, 0.1) is 0 Å². The van der Waals surface area contributed by atoms with Gasteiger partial charge in [0.2, 0.25) is 0 Å². The molecule has 1 unspecified atom stereocenters. The Morgan fingerprint density at radius 3 is 2.93 bits per heavy atom. The Kier molecular flexibility index (Phi) is 3.96. The van der Waals surface area contributed by atoms with Gasteiger partial charge in [-0.2, -0.15) is 0 Å². The number of amides is 1. The average Bonchev–Trinajstić information content (AvgIpc) is 3.26. The topological polar surface area (TPSA) is 77.4 Å². The van der Waals surface area contributed by atoms with E-state index in [2.05, 4.69) is 5.32 Å². The Labute approximate surface area is 213 Å². The molecule has 0 aliphatic carbocycles. The maximum absolute atomic E-state index is 13.1. The first-order valence-corrected chi connectivity index (χ1v) is 8.74. The summed E-state index contributed by atoms with van der Waals surface area (Å²) in [5.41, 5.74) is -1.97. The molecule has 1 aliphatic heterocycles. The molecular formula is C19H27CaN3O3S. The SMILES string of the molecule is [2H]C([2H])([2H])C(C)n1c(=O)c(C(=O)NCCCN2C([2H])([2H])C([2H])([2H])C([2H])([2H])C([2H])([2H])C2([2H])[2H])c([O-])c2ccsc21.[Ca+2].[H-]. The third-order valence-electron chi connectivity index (χ3n) is 3.73. The number of nitrogens with one attached hydrogen (secondary N) is 1. The molecule has 144 valence electrons. The molecule has 1 fully saturated rings. The Morgan fingerprint density at radius 2 is 2.22 bits per heavy atom. The van der Waals surface area contributed by atoms with Gasteiger partial charge in [0, 0.05) is 35.8 Å². The number of piperidine rings is 1. The number of carbonyl (C=O) groups excluding carboxylic acids is 1. The van der Waals surface area contributed by atoms with Crippen molar-refractivity contribution in [2.45, 2.75) is 45.4 Å². The number of rotatable bonds is 6. The second kappa shape index (κ2) is 10.3. The Balaban J connectivity index is 0.00000420. The van der Waals surface area contributed by atoms with E-state index in [1.807, 2.05) is 0 Å². The van der Waals surface area contributed by atoms with Crippen LogP contribution in [0.4, 0.5) is 0 Å². The molecule has 1 amide bonds. The van der Waals surface area contributed by atoms with Gasteiger partial charge in [-0.05, 0) is 63.9 Å². The van der Waals surface area contributed by atoms with E-state index in [9.17, 15) is 14.7 Å². The molecule has 2 aromatic rings. The van der Waals surface area contributed by atoms with Crippen molar-refractivity contribution in [3.05, 3.63) is 27.4 Å². The number of hydrogen-bond acceptors (Lipinski definition) is 5. The molecular weight excluding hydrogens is 390 g/mol. The quantitative estimate of drug-likeness (QED) is 0.562. The Bertz CT molecular complexity index is 1310. The summed E-state index contributed by atoms with van der Waals surface area (Å²) in [6.45, 7) is -9.06. The summed E-state index contributed by atoms with van der Waals surface area (Å²) in [6.07, 6.45) is -10.8. The van der Waals surface area contributed by atoms with Crippen LogP contribution in [0.15, 0.2) is 16.2 Å². The van der Waals surface area contributed by atoms with Crippen LogP contribution < -0.4 is 16.0 Å². The van der Waals surface area contributed by atoms with Gasteiger partial charge in [0.25, 0.3) is 11.5 Å². The molecule has 8 heteroatoms. The Hall–Kier alpha value is -0.600. The fraction of sp³-hybridized carbons (Fsp3) is 0.579. The molecule has 2 aromatic heterocycles. The number of likely N-dealkylation sites (tertiary alicyclic amines) is 1. The van der Waals surface area contributed by atoms with E-state index < -0.39 is 80.9 Å². The van der Waals surface area contributed by atoms with Crippen molar-refractivity contribution in [3.8, 4) is 5.75 Å². The van der Waals surface area contributed by atoms with Crippen molar-refractivity contribution in [2.75, 3.05) is 26.1 Å². The van der Waals surface area contributed by atoms with Gasteiger partial charge < -0.3 is 16.7 Å². The second-order valence-corrected chi connectivity index (χ2v) is 6.45. The summed E-state index contributed by atoms with van der Waals surface area (Å²) in [4.78, 5) is 26.3. The number of fused-ring (bicyclic) bond motifs is 1. The van der Waals surface area contributed by atoms with Crippen LogP contribution in [-0.4, -0.2) is 79.2 Å². The molecule has 1 N–H and O–H groups in total. The van der Waals surface area contributed by atoms with Crippen molar-refractivity contribution < 1.29 is 29.1 Å². The normalized spacial score (nSPS) is 33.0.